The van der Waals surface area contributed by atoms with Crippen LogP contribution in [0.1, 0.15) is 37.8 Å². The van der Waals surface area contributed by atoms with Crippen molar-refractivity contribution in [2.45, 2.75) is 51.3 Å². The molecule has 2 fully saturated rings. The molecule has 12 heteroatoms. The van der Waals surface area contributed by atoms with Gasteiger partial charge in [-0.25, -0.2) is 28.4 Å². The van der Waals surface area contributed by atoms with Crippen LogP contribution in [0.25, 0.3) is 11.2 Å². The predicted molar refractivity (Wildman–Crippen MR) is 117 cm³/mol. The highest BCUT2D eigenvalue weighted by molar-refractivity contribution is 5.71. The number of aromatic nitrogens is 5. The first-order valence-corrected chi connectivity index (χ1v) is 11.6. The molecule has 1 unspecified atom stereocenters. The van der Waals surface area contributed by atoms with E-state index in [1.807, 2.05) is 0 Å². The van der Waals surface area contributed by atoms with Gasteiger partial charge in [-0.15, -0.1) is 0 Å². The van der Waals surface area contributed by atoms with Gasteiger partial charge in [0, 0.05) is 19.2 Å². The summed E-state index contributed by atoms with van der Waals surface area (Å²) in [6, 6.07) is 3.69. The highest BCUT2D eigenvalue weighted by Gasteiger charge is 2.45. The quantitative estimate of drug-likeness (QED) is 0.449. The number of piperidine rings is 1. The number of ether oxygens (including phenoxy) is 1. The average Bonchev–Trinajstić information content (AvgIpc) is 3.41. The first kappa shape index (κ1) is 23.7. The Morgan fingerprint density at radius 2 is 1.89 bits per heavy atom. The molecule has 7 nitrogen and oxygen atoms in total. The van der Waals surface area contributed by atoms with Crippen LogP contribution < -0.4 is 9.64 Å². The third-order valence-corrected chi connectivity index (χ3v) is 7.27. The molecule has 0 N–H and O–H groups in total. The Kier molecular flexibility index (Phi) is 6.22. The van der Waals surface area contributed by atoms with E-state index in [0.29, 0.717) is 23.6 Å². The lowest BCUT2D eigenvalue weighted by Crippen LogP contribution is -2.43. The van der Waals surface area contributed by atoms with Gasteiger partial charge < -0.3 is 9.64 Å². The molecule has 1 aliphatic heterocycles. The molecule has 0 amide bonds. The monoisotopic (exact) mass is 496 g/mol. The number of nitrogens with zero attached hydrogens (tertiary/aromatic N) is 6. The van der Waals surface area contributed by atoms with Gasteiger partial charge >= 0.3 is 6.18 Å². The van der Waals surface area contributed by atoms with E-state index in [1.165, 1.54) is 23.0 Å². The van der Waals surface area contributed by atoms with Gasteiger partial charge in [0.15, 0.2) is 5.65 Å². The molecule has 1 atom stereocenters. The van der Waals surface area contributed by atoms with E-state index >= 15 is 0 Å². The number of hydrogen-bond acceptors (Lipinski definition) is 6. The molecular weight excluding hydrogens is 471 g/mol. The number of alkyl halides is 5. The normalized spacial score (nSPS) is 20.3. The molecule has 1 aliphatic carbocycles. The summed E-state index contributed by atoms with van der Waals surface area (Å²) >= 11 is 0. The van der Waals surface area contributed by atoms with Crippen molar-refractivity contribution in [3.63, 3.8) is 0 Å². The Morgan fingerprint density at radius 3 is 2.63 bits per heavy atom. The molecule has 3 aromatic heterocycles. The zero-order valence-electron chi connectivity index (χ0n) is 18.9. The summed E-state index contributed by atoms with van der Waals surface area (Å²) in [5.74, 6) is 0.840. The van der Waals surface area contributed by atoms with Gasteiger partial charge in [-0.05, 0) is 43.1 Å². The summed E-state index contributed by atoms with van der Waals surface area (Å²) in [5, 5.41) is 3.97. The fourth-order valence-corrected chi connectivity index (χ4v) is 5.41. The van der Waals surface area contributed by atoms with Crippen molar-refractivity contribution in [2.75, 3.05) is 24.6 Å². The third kappa shape index (κ3) is 4.87. The second-order valence-electron chi connectivity index (χ2n) is 9.26. The Labute approximate surface area is 198 Å². The van der Waals surface area contributed by atoms with Crippen LogP contribution >= 0.6 is 0 Å². The van der Waals surface area contributed by atoms with Crippen LogP contribution in [-0.2, 0) is 12.7 Å². The van der Waals surface area contributed by atoms with E-state index in [0.717, 1.165) is 51.3 Å². The maximum absolute atomic E-state index is 12.9. The van der Waals surface area contributed by atoms with Crippen LogP contribution in [0, 0.1) is 11.3 Å². The first-order valence-electron chi connectivity index (χ1n) is 11.6. The largest absolute Gasteiger partial charge is 0.477 e. The molecule has 5 rings (SSSR count). The summed E-state index contributed by atoms with van der Waals surface area (Å²) in [4.78, 5) is 14.6. The van der Waals surface area contributed by atoms with Crippen LogP contribution in [0.15, 0.2) is 30.6 Å². The van der Waals surface area contributed by atoms with Gasteiger partial charge in [0.05, 0.1) is 19.0 Å². The van der Waals surface area contributed by atoms with E-state index in [1.54, 1.807) is 6.20 Å². The fraction of sp³-hybridized carbons (Fsp3) is 0.565. The zero-order valence-corrected chi connectivity index (χ0v) is 18.9. The van der Waals surface area contributed by atoms with E-state index in [9.17, 15) is 22.0 Å². The minimum atomic E-state index is -4.51. The van der Waals surface area contributed by atoms with Gasteiger partial charge in [-0.1, -0.05) is 12.5 Å². The third-order valence-electron chi connectivity index (χ3n) is 7.27. The minimum Gasteiger partial charge on any atom is -0.477 e. The van der Waals surface area contributed by atoms with E-state index in [-0.39, 0.29) is 17.2 Å². The standard InChI is InChI=1S/C23H25F5N6O/c24-18(25)13-34-21-16(11-30-34)29-12-19(32-21)33-9-7-22(8-10-33)6-2-3-15(22)14-35-20-5-1-4-17(31-20)23(26,27)28/h1,4-5,11-12,15,18H,2-3,6-10,13-14H2. The van der Waals surface area contributed by atoms with E-state index in [2.05, 4.69) is 25.0 Å². The first-order chi connectivity index (χ1) is 16.7. The highest BCUT2D eigenvalue weighted by atomic mass is 19.4. The Morgan fingerprint density at radius 1 is 1.09 bits per heavy atom. The van der Waals surface area contributed by atoms with Gasteiger partial charge in [-0.2, -0.15) is 18.3 Å². The molecule has 35 heavy (non-hydrogen) atoms. The van der Waals surface area contributed by atoms with Gasteiger partial charge in [0.1, 0.15) is 23.6 Å². The van der Waals surface area contributed by atoms with Crippen LogP contribution in [0.3, 0.4) is 0 Å². The molecule has 1 saturated carbocycles. The lowest BCUT2D eigenvalue weighted by Gasteiger charge is -2.43. The van der Waals surface area contributed by atoms with Crippen molar-refractivity contribution in [1.82, 2.24) is 24.7 Å². The molecule has 188 valence electrons. The maximum atomic E-state index is 12.9. The minimum absolute atomic E-state index is 0.0108. The summed E-state index contributed by atoms with van der Waals surface area (Å²) in [7, 11) is 0. The van der Waals surface area contributed by atoms with Crippen molar-refractivity contribution in [1.29, 1.82) is 0 Å². The molecule has 4 heterocycles. The number of rotatable bonds is 6. The van der Waals surface area contributed by atoms with E-state index < -0.39 is 24.8 Å². The van der Waals surface area contributed by atoms with Crippen molar-refractivity contribution in [3.8, 4) is 5.88 Å². The van der Waals surface area contributed by atoms with Crippen molar-refractivity contribution >= 4 is 17.0 Å². The van der Waals surface area contributed by atoms with Crippen LogP contribution in [0.4, 0.5) is 27.8 Å². The lowest BCUT2D eigenvalue weighted by molar-refractivity contribution is -0.141. The second kappa shape index (κ2) is 9.19. The Bertz CT molecular complexity index is 1170. The number of pyridine rings is 1. The molecule has 0 radical (unpaired) electrons. The summed E-state index contributed by atoms with van der Waals surface area (Å²) in [6.07, 6.45) is 0.831. The molecule has 3 aromatic rings. The number of anilines is 1. The predicted octanol–water partition coefficient (Wildman–Crippen LogP) is 4.97. The van der Waals surface area contributed by atoms with Gasteiger partial charge in [-0.3, -0.25) is 0 Å². The summed E-state index contributed by atoms with van der Waals surface area (Å²) < 4.78 is 71.4. The molecule has 1 saturated heterocycles. The lowest BCUT2D eigenvalue weighted by atomic mass is 9.71. The van der Waals surface area contributed by atoms with Crippen molar-refractivity contribution < 1.29 is 26.7 Å². The van der Waals surface area contributed by atoms with Crippen molar-refractivity contribution in [3.05, 3.63) is 36.3 Å². The second-order valence-corrected chi connectivity index (χ2v) is 9.26. The topological polar surface area (TPSA) is 69.0 Å². The summed E-state index contributed by atoms with van der Waals surface area (Å²) in [5.41, 5.74) is -0.104. The van der Waals surface area contributed by atoms with Gasteiger partial charge in [0.25, 0.3) is 6.43 Å². The van der Waals surface area contributed by atoms with Crippen LogP contribution in [0.2, 0.25) is 0 Å². The Balaban J connectivity index is 1.24. The fourth-order valence-electron chi connectivity index (χ4n) is 5.41. The van der Waals surface area contributed by atoms with Gasteiger partial charge in [0.2, 0.25) is 5.88 Å². The van der Waals surface area contributed by atoms with Crippen LogP contribution in [0.5, 0.6) is 5.88 Å². The van der Waals surface area contributed by atoms with Crippen molar-refractivity contribution in [2.24, 2.45) is 11.3 Å². The number of halogens is 5. The maximum Gasteiger partial charge on any atom is 0.433 e. The average molecular weight is 496 g/mol. The number of fused-ring (bicyclic) bond motifs is 1. The molecule has 2 aliphatic rings. The van der Waals surface area contributed by atoms with Crippen LogP contribution in [-0.4, -0.2) is 50.9 Å². The molecular formula is C23H25F5N6O. The highest BCUT2D eigenvalue weighted by Crippen LogP contribution is 2.51. The smallest absolute Gasteiger partial charge is 0.433 e. The zero-order chi connectivity index (χ0) is 24.6. The number of hydrogen-bond donors (Lipinski definition) is 0. The SMILES string of the molecule is FC(F)Cn1ncc2ncc(N3CCC4(CCCC4COc4cccc(C(F)(F)F)n4)CC3)nc21. The Hall–Kier alpha value is -3.05. The summed E-state index contributed by atoms with van der Waals surface area (Å²) in [6.45, 7) is 1.24. The molecule has 0 bridgehead atoms. The molecule has 1 spiro atoms. The molecule has 0 aromatic carbocycles. The van der Waals surface area contributed by atoms with E-state index in [4.69, 9.17) is 4.74 Å².